The molecule has 5 aliphatic rings. The number of nitrogens with zero attached hydrogens (tertiary/aromatic N) is 2. The molecule has 2 bridgehead atoms. The first-order chi connectivity index (χ1) is 19.5. The number of hydrazone groups is 1. The van der Waals surface area contributed by atoms with Crippen LogP contribution in [0.4, 0.5) is 0 Å². The smallest absolute Gasteiger partial charge is 0.302 e. The van der Waals surface area contributed by atoms with Gasteiger partial charge in [0.2, 0.25) is 0 Å². The predicted octanol–water partition coefficient (Wildman–Crippen LogP) is 8.28. The standard InChI is InChI=1S/C36H52N2O3/c1-23(2)11-10-12-24(3)28-15-16-29-32-30(18-19-34(28,29)5)35(6)20-17-27(41-25(4)39)21-36(35)22-31(32)37-38(36)33(40)26-13-8-7-9-14-26/h7-9,13-14,23-24,27-30,32H,10-12,15-22H2,1-6H3/t24-,27+,28-,29+,30+,32+,34-,35-,36+/m1/s1. The molecule has 0 N–H and O–H groups in total. The molecule has 5 nitrogen and oxygen atoms in total. The maximum absolute atomic E-state index is 14.2. The van der Waals surface area contributed by atoms with E-state index in [2.05, 4.69) is 34.6 Å². The fourth-order valence-electron chi connectivity index (χ4n) is 11.0. The number of carbonyl (C=O) groups excluding carboxylic acids is 2. The maximum Gasteiger partial charge on any atom is 0.302 e. The summed E-state index contributed by atoms with van der Waals surface area (Å²) in [7, 11) is 0. The van der Waals surface area contributed by atoms with E-state index in [4.69, 9.17) is 9.84 Å². The fourth-order valence-corrected chi connectivity index (χ4v) is 11.0. The monoisotopic (exact) mass is 560 g/mol. The normalized spacial score (nSPS) is 39.9. The Morgan fingerprint density at radius 2 is 1.76 bits per heavy atom. The van der Waals surface area contributed by atoms with E-state index < -0.39 is 5.54 Å². The van der Waals surface area contributed by atoms with Crippen molar-refractivity contribution in [1.29, 1.82) is 0 Å². The number of carbonyl (C=O) groups is 2. The van der Waals surface area contributed by atoms with Crippen LogP contribution in [-0.4, -0.2) is 34.2 Å². The van der Waals surface area contributed by atoms with Crippen molar-refractivity contribution in [2.45, 2.75) is 124 Å². The van der Waals surface area contributed by atoms with E-state index in [9.17, 15) is 9.59 Å². The molecule has 1 aliphatic heterocycles. The second kappa shape index (κ2) is 10.5. The van der Waals surface area contributed by atoms with Gasteiger partial charge in [0.25, 0.3) is 5.91 Å². The highest BCUT2D eigenvalue weighted by atomic mass is 16.5. The first-order valence-electron chi connectivity index (χ1n) is 16.6. The number of amides is 1. The lowest BCUT2D eigenvalue weighted by molar-refractivity contribution is -0.165. The van der Waals surface area contributed by atoms with E-state index in [1.807, 2.05) is 35.3 Å². The summed E-state index contributed by atoms with van der Waals surface area (Å²) in [5, 5.41) is 7.24. The Morgan fingerprint density at radius 1 is 1.00 bits per heavy atom. The highest BCUT2D eigenvalue weighted by Gasteiger charge is 2.71. The minimum absolute atomic E-state index is 0.000202. The van der Waals surface area contributed by atoms with Crippen molar-refractivity contribution in [3.05, 3.63) is 35.9 Å². The van der Waals surface area contributed by atoms with Gasteiger partial charge in [0.05, 0.1) is 5.54 Å². The first kappa shape index (κ1) is 28.9. The first-order valence-corrected chi connectivity index (χ1v) is 16.6. The molecule has 0 unspecified atom stereocenters. The van der Waals surface area contributed by atoms with Gasteiger partial charge in [0, 0.05) is 37.0 Å². The van der Waals surface area contributed by atoms with Gasteiger partial charge in [-0.1, -0.05) is 72.1 Å². The Morgan fingerprint density at radius 3 is 2.46 bits per heavy atom. The van der Waals surface area contributed by atoms with Crippen LogP contribution in [0.5, 0.6) is 0 Å². The fraction of sp³-hybridized carbons (Fsp3) is 0.750. The van der Waals surface area contributed by atoms with Crippen molar-refractivity contribution in [1.82, 2.24) is 5.01 Å². The number of hydrogen-bond acceptors (Lipinski definition) is 4. The van der Waals surface area contributed by atoms with E-state index in [1.54, 1.807) is 0 Å². The van der Waals surface area contributed by atoms with Gasteiger partial charge < -0.3 is 4.74 Å². The lowest BCUT2D eigenvalue weighted by atomic mass is 9.42. The van der Waals surface area contributed by atoms with Crippen molar-refractivity contribution >= 4 is 17.6 Å². The van der Waals surface area contributed by atoms with Crippen molar-refractivity contribution in [2.75, 3.05) is 0 Å². The zero-order valence-electron chi connectivity index (χ0n) is 26.3. The summed E-state index contributed by atoms with van der Waals surface area (Å²) in [6.07, 6.45) is 12.4. The molecule has 1 heterocycles. The van der Waals surface area contributed by atoms with Crippen LogP contribution in [0.15, 0.2) is 35.4 Å². The third-order valence-corrected chi connectivity index (χ3v) is 12.9. The third-order valence-electron chi connectivity index (χ3n) is 12.9. The molecule has 1 aromatic carbocycles. The van der Waals surface area contributed by atoms with Crippen LogP contribution in [0, 0.1) is 46.3 Å². The van der Waals surface area contributed by atoms with Crippen LogP contribution >= 0.6 is 0 Å². The zero-order valence-corrected chi connectivity index (χ0v) is 26.3. The van der Waals surface area contributed by atoms with E-state index >= 15 is 0 Å². The van der Waals surface area contributed by atoms with Crippen LogP contribution in [0.25, 0.3) is 0 Å². The SMILES string of the molecule is CC(=O)O[C@H]1CC[C@]2(C)[C@H]3CC[C@]4(C)[C@@H]([C@H](C)CCCC(C)C)CC[C@H]4[C@@H]3C3=NN(C(=O)c4ccccc4)[C@]2(C3)C1. The van der Waals surface area contributed by atoms with Gasteiger partial charge in [-0.15, -0.1) is 0 Å². The summed E-state index contributed by atoms with van der Waals surface area (Å²) in [6, 6.07) is 9.66. The summed E-state index contributed by atoms with van der Waals surface area (Å²) in [5.74, 6) is 3.73. The van der Waals surface area contributed by atoms with Crippen LogP contribution in [0.2, 0.25) is 0 Å². The molecule has 4 fully saturated rings. The number of benzene rings is 1. The highest BCUT2D eigenvalue weighted by Crippen LogP contribution is 2.71. The molecule has 6 rings (SSSR count). The van der Waals surface area contributed by atoms with Crippen LogP contribution in [-0.2, 0) is 9.53 Å². The van der Waals surface area contributed by atoms with E-state index in [1.165, 1.54) is 57.6 Å². The summed E-state index contributed by atoms with van der Waals surface area (Å²) < 4.78 is 5.85. The van der Waals surface area contributed by atoms with Gasteiger partial charge >= 0.3 is 5.97 Å². The molecule has 41 heavy (non-hydrogen) atoms. The molecule has 224 valence electrons. The summed E-state index contributed by atoms with van der Waals surface area (Å²) in [5.41, 5.74) is 1.84. The van der Waals surface area contributed by atoms with Crippen molar-refractivity contribution in [2.24, 2.45) is 51.4 Å². The molecule has 9 atom stereocenters. The van der Waals surface area contributed by atoms with Crippen molar-refractivity contribution in [3.63, 3.8) is 0 Å². The van der Waals surface area contributed by atoms with Crippen LogP contribution in [0.3, 0.4) is 0 Å². The summed E-state index contributed by atoms with van der Waals surface area (Å²) >= 11 is 0. The lowest BCUT2D eigenvalue weighted by Gasteiger charge is -2.64. The van der Waals surface area contributed by atoms with Gasteiger partial charge in [-0.05, 0) is 91.1 Å². The molecular weight excluding hydrogens is 508 g/mol. The summed E-state index contributed by atoms with van der Waals surface area (Å²) in [6.45, 7) is 13.8. The number of rotatable bonds is 7. The van der Waals surface area contributed by atoms with Gasteiger partial charge in [0.1, 0.15) is 6.10 Å². The minimum atomic E-state index is -0.426. The predicted molar refractivity (Wildman–Crippen MR) is 163 cm³/mol. The van der Waals surface area contributed by atoms with Crippen molar-refractivity contribution in [3.8, 4) is 0 Å². The maximum atomic E-state index is 14.2. The number of ether oxygens (including phenoxy) is 1. The van der Waals surface area contributed by atoms with E-state index in [0.29, 0.717) is 35.2 Å². The van der Waals surface area contributed by atoms with Gasteiger partial charge in [-0.3, -0.25) is 9.59 Å². The number of hydrogen-bond donors (Lipinski definition) is 0. The largest absolute Gasteiger partial charge is 0.462 e. The molecule has 0 radical (unpaired) electrons. The quantitative estimate of drug-likeness (QED) is 0.315. The van der Waals surface area contributed by atoms with Gasteiger partial charge in [0.15, 0.2) is 0 Å². The number of fused-ring (bicyclic) bond motifs is 6. The molecule has 5 heteroatoms. The Balaban J connectivity index is 1.35. The molecule has 1 spiro atoms. The van der Waals surface area contributed by atoms with Gasteiger partial charge in [-0.25, -0.2) is 5.01 Å². The van der Waals surface area contributed by atoms with Crippen molar-refractivity contribution < 1.29 is 14.3 Å². The van der Waals surface area contributed by atoms with Crippen LogP contribution < -0.4 is 0 Å². The summed E-state index contributed by atoms with van der Waals surface area (Å²) in [4.78, 5) is 26.2. The topological polar surface area (TPSA) is 59.0 Å². The molecule has 0 aromatic heterocycles. The Hall–Kier alpha value is -2.17. The molecular formula is C36H52N2O3. The number of esters is 1. The average Bonchev–Trinajstić information content (AvgIpc) is 3.46. The minimum Gasteiger partial charge on any atom is -0.462 e. The molecule has 0 saturated heterocycles. The Kier molecular flexibility index (Phi) is 7.42. The Labute approximate surface area is 247 Å². The lowest BCUT2D eigenvalue weighted by Crippen LogP contribution is -2.68. The zero-order chi connectivity index (χ0) is 29.2. The third kappa shape index (κ3) is 4.50. The van der Waals surface area contributed by atoms with Gasteiger partial charge in [-0.2, -0.15) is 5.10 Å². The molecule has 1 amide bonds. The Bertz CT molecular complexity index is 1190. The van der Waals surface area contributed by atoms with E-state index in [-0.39, 0.29) is 23.4 Å². The highest BCUT2D eigenvalue weighted by molar-refractivity contribution is 6.00. The molecule has 1 aromatic rings. The second-order valence-electron chi connectivity index (χ2n) is 15.4. The average molecular weight is 561 g/mol. The van der Waals surface area contributed by atoms with E-state index in [0.717, 1.165) is 37.0 Å². The molecule has 4 saturated carbocycles. The van der Waals surface area contributed by atoms with Crippen LogP contribution in [0.1, 0.15) is 123 Å². The molecule has 4 aliphatic carbocycles. The second-order valence-corrected chi connectivity index (χ2v) is 15.4.